The van der Waals surface area contributed by atoms with Gasteiger partial charge in [0.1, 0.15) is 5.76 Å². The maximum atomic E-state index is 5.28. The zero-order valence-electron chi connectivity index (χ0n) is 10.6. The molecule has 1 atom stereocenters. The van der Waals surface area contributed by atoms with E-state index in [0.717, 1.165) is 25.1 Å². The quantitative estimate of drug-likeness (QED) is 0.859. The van der Waals surface area contributed by atoms with E-state index in [1.165, 1.54) is 5.56 Å². The molecule has 3 heteroatoms. The summed E-state index contributed by atoms with van der Waals surface area (Å²) in [4.78, 5) is 0. The van der Waals surface area contributed by atoms with Gasteiger partial charge >= 0.3 is 0 Å². The Hall–Kier alpha value is -1.25. The number of halogens is 1. The van der Waals surface area contributed by atoms with Gasteiger partial charge in [-0.3, -0.25) is 0 Å². The fraction of sp³-hybridized carbons (Fsp3) is 0.333. The number of aryl methyl sites for hydroxylation is 1. The number of furan rings is 1. The van der Waals surface area contributed by atoms with Crippen molar-refractivity contribution < 1.29 is 4.42 Å². The molecule has 1 aromatic heterocycles. The Kier molecular flexibility index (Phi) is 6.55. The lowest BCUT2D eigenvalue weighted by atomic mass is 10.1. The van der Waals surface area contributed by atoms with Crippen LogP contribution in [0, 0.1) is 0 Å². The van der Waals surface area contributed by atoms with Gasteiger partial charge in [0.2, 0.25) is 0 Å². The van der Waals surface area contributed by atoms with Crippen LogP contribution >= 0.6 is 12.4 Å². The van der Waals surface area contributed by atoms with Crippen LogP contribution in [0.5, 0.6) is 0 Å². The lowest BCUT2D eigenvalue weighted by molar-refractivity contribution is 0.443. The molecule has 1 N–H and O–H groups in total. The summed E-state index contributed by atoms with van der Waals surface area (Å²) in [6.07, 6.45) is 3.98. The molecule has 0 aliphatic heterocycles. The van der Waals surface area contributed by atoms with E-state index in [4.69, 9.17) is 4.42 Å². The highest BCUT2D eigenvalue weighted by molar-refractivity contribution is 5.85. The molecule has 2 aromatic rings. The predicted octanol–water partition coefficient (Wildman–Crippen LogP) is 3.81. The normalized spacial score (nSPS) is 11.8. The molecule has 0 amide bonds. The molecule has 0 aliphatic rings. The molecule has 2 nitrogen and oxygen atoms in total. The highest BCUT2D eigenvalue weighted by Crippen LogP contribution is 2.06. The Balaban J connectivity index is 0.00000162. The minimum atomic E-state index is 0. The summed E-state index contributed by atoms with van der Waals surface area (Å²) in [5, 5.41) is 3.46. The molecular weight excluding hydrogens is 246 g/mol. The highest BCUT2D eigenvalue weighted by atomic mass is 35.5. The zero-order chi connectivity index (χ0) is 11.9. The molecule has 0 saturated heterocycles. The van der Waals surface area contributed by atoms with E-state index in [1.807, 2.05) is 12.1 Å². The van der Waals surface area contributed by atoms with E-state index < -0.39 is 0 Å². The van der Waals surface area contributed by atoms with Gasteiger partial charge < -0.3 is 9.73 Å². The molecule has 0 aliphatic carbocycles. The fourth-order valence-electron chi connectivity index (χ4n) is 1.82. The third-order valence-electron chi connectivity index (χ3n) is 2.91. The van der Waals surface area contributed by atoms with Crippen LogP contribution in [0.25, 0.3) is 0 Å². The van der Waals surface area contributed by atoms with Crippen LogP contribution in [-0.4, -0.2) is 6.04 Å². The summed E-state index contributed by atoms with van der Waals surface area (Å²) in [5.41, 5.74) is 1.40. The zero-order valence-corrected chi connectivity index (χ0v) is 11.5. The van der Waals surface area contributed by atoms with Crippen LogP contribution in [0.2, 0.25) is 0 Å². The second kappa shape index (κ2) is 7.96. The summed E-state index contributed by atoms with van der Waals surface area (Å²) < 4.78 is 5.28. The van der Waals surface area contributed by atoms with Crippen LogP contribution in [-0.2, 0) is 13.0 Å². The molecular formula is C15H20ClNO. The van der Waals surface area contributed by atoms with Crippen molar-refractivity contribution in [3.8, 4) is 0 Å². The van der Waals surface area contributed by atoms with Crippen molar-refractivity contribution in [2.45, 2.75) is 32.4 Å². The van der Waals surface area contributed by atoms with E-state index in [-0.39, 0.29) is 12.4 Å². The topological polar surface area (TPSA) is 25.2 Å². The first-order chi connectivity index (χ1) is 8.34. The Morgan fingerprint density at radius 1 is 1.11 bits per heavy atom. The van der Waals surface area contributed by atoms with Gasteiger partial charge in [0.05, 0.1) is 12.8 Å². The summed E-state index contributed by atoms with van der Waals surface area (Å²) in [6, 6.07) is 15.0. The van der Waals surface area contributed by atoms with E-state index >= 15 is 0 Å². The molecule has 1 heterocycles. The Labute approximate surface area is 115 Å². The monoisotopic (exact) mass is 265 g/mol. The van der Waals surface area contributed by atoms with Crippen molar-refractivity contribution in [2.75, 3.05) is 0 Å². The van der Waals surface area contributed by atoms with Gasteiger partial charge in [-0.25, -0.2) is 0 Å². The number of nitrogens with one attached hydrogen (secondary N) is 1. The Morgan fingerprint density at radius 3 is 2.56 bits per heavy atom. The molecule has 2 rings (SSSR count). The SMILES string of the molecule is CC(CCc1ccccc1)NCc1ccco1.Cl. The van der Waals surface area contributed by atoms with Gasteiger partial charge in [-0.2, -0.15) is 0 Å². The molecule has 0 spiro atoms. The smallest absolute Gasteiger partial charge is 0.117 e. The lowest BCUT2D eigenvalue weighted by Crippen LogP contribution is -2.25. The Bertz CT molecular complexity index is 413. The minimum absolute atomic E-state index is 0. The summed E-state index contributed by atoms with van der Waals surface area (Å²) >= 11 is 0. The number of rotatable bonds is 6. The van der Waals surface area contributed by atoms with Crippen LogP contribution in [0.4, 0.5) is 0 Å². The van der Waals surface area contributed by atoms with Gasteiger partial charge in [-0.15, -0.1) is 12.4 Å². The number of benzene rings is 1. The summed E-state index contributed by atoms with van der Waals surface area (Å²) in [5.74, 6) is 0.997. The number of hydrogen-bond acceptors (Lipinski definition) is 2. The highest BCUT2D eigenvalue weighted by Gasteiger charge is 2.03. The summed E-state index contributed by atoms with van der Waals surface area (Å²) in [7, 11) is 0. The van der Waals surface area contributed by atoms with Crippen molar-refractivity contribution >= 4 is 12.4 Å². The largest absolute Gasteiger partial charge is 0.468 e. The first-order valence-corrected chi connectivity index (χ1v) is 6.14. The average molecular weight is 266 g/mol. The molecule has 98 valence electrons. The van der Waals surface area contributed by atoms with E-state index in [1.54, 1.807) is 6.26 Å². The minimum Gasteiger partial charge on any atom is -0.468 e. The van der Waals surface area contributed by atoms with Gasteiger partial charge in [0.25, 0.3) is 0 Å². The molecule has 0 bridgehead atoms. The maximum absolute atomic E-state index is 5.28. The maximum Gasteiger partial charge on any atom is 0.117 e. The third-order valence-corrected chi connectivity index (χ3v) is 2.91. The second-order valence-electron chi connectivity index (χ2n) is 4.39. The van der Waals surface area contributed by atoms with E-state index in [2.05, 4.69) is 42.6 Å². The number of hydrogen-bond donors (Lipinski definition) is 1. The van der Waals surface area contributed by atoms with Gasteiger partial charge in [-0.1, -0.05) is 30.3 Å². The van der Waals surface area contributed by atoms with Crippen molar-refractivity contribution in [1.82, 2.24) is 5.32 Å². The van der Waals surface area contributed by atoms with Crippen molar-refractivity contribution in [3.63, 3.8) is 0 Å². The molecule has 0 radical (unpaired) electrons. The first kappa shape index (κ1) is 14.8. The van der Waals surface area contributed by atoms with Crippen LogP contribution in [0.3, 0.4) is 0 Å². The Morgan fingerprint density at radius 2 is 1.89 bits per heavy atom. The predicted molar refractivity (Wildman–Crippen MR) is 77.0 cm³/mol. The third kappa shape index (κ3) is 4.94. The molecule has 0 saturated carbocycles. The summed E-state index contributed by atoms with van der Waals surface area (Å²) in [6.45, 7) is 3.02. The van der Waals surface area contributed by atoms with E-state index in [0.29, 0.717) is 6.04 Å². The first-order valence-electron chi connectivity index (χ1n) is 6.14. The van der Waals surface area contributed by atoms with Gasteiger partial charge in [0, 0.05) is 6.04 Å². The van der Waals surface area contributed by atoms with Crippen molar-refractivity contribution in [2.24, 2.45) is 0 Å². The van der Waals surface area contributed by atoms with Crippen molar-refractivity contribution in [3.05, 3.63) is 60.1 Å². The van der Waals surface area contributed by atoms with Crippen LogP contribution in [0.15, 0.2) is 53.1 Å². The molecule has 1 aromatic carbocycles. The average Bonchev–Trinajstić information content (AvgIpc) is 2.88. The van der Waals surface area contributed by atoms with E-state index in [9.17, 15) is 0 Å². The van der Waals surface area contributed by atoms with Crippen LogP contribution < -0.4 is 5.32 Å². The molecule has 18 heavy (non-hydrogen) atoms. The molecule has 1 unspecified atom stereocenters. The fourth-order valence-corrected chi connectivity index (χ4v) is 1.82. The van der Waals surface area contributed by atoms with Gasteiger partial charge in [0.15, 0.2) is 0 Å². The van der Waals surface area contributed by atoms with Crippen molar-refractivity contribution in [1.29, 1.82) is 0 Å². The van der Waals surface area contributed by atoms with Gasteiger partial charge in [-0.05, 0) is 37.5 Å². The molecule has 0 fully saturated rings. The standard InChI is InChI=1S/C15H19NO.ClH/c1-13(16-12-15-8-5-11-17-15)9-10-14-6-3-2-4-7-14;/h2-8,11,13,16H,9-10,12H2,1H3;1H. The second-order valence-corrected chi connectivity index (χ2v) is 4.39. The van der Waals surface area contributed by atoms with Crippen LogP contribution in [0.1, 0.15) is 24.7 Å². The lowest BCUT2D eigenvalue weighted by Gasteiger charge is -2.12.